The fourth-order valence-electron chi connectivity index (χ4n) is 1.91. The highest BCUT2D eigenvalue weighted by molar-refractivity contribution is 5.95. The second-order valence-corrected chi connectivity index (χ2v) is 4.34. The summed E-state index contributed by atoms with van der Waals surface area (Å²) < 4.78 is 27.0. The highest BCUT2D eigenvalue weighted by Crippen LogP contribution is 2.18. The molecule has 0 saturated carbocycles. The van der Waals surface area contributed by atoms with E-state index in [1.807, 2.05) is 0 Å². The molecule has 7 heteroatoms. The van der Waals surface area contributed by atoms with E-state index in [1.165, 1.54) is 0 Å². The van der Waals surface area contributed by atoms with E-state index >= 15 is 0 Å². The van der Waals surface area contributed by atoms with Crippen LogP contribution in [0.2, 0.25) is 0 Å². The zero-order chi connectivity index (χ0) is 14.0. The number of rotatable bonds is 3. The van der Waals surface area contributed by atoms with Crippen LogP contribution in [0.15, 0.2) is 12.1 Å². The van der Waals surface area contributed by atoms with Gasteiger partial charge in [-0.05, 0) is 18.6 Å². The number of benzene rings is 1. The molecule has 102 valence electrons. The topological polar surface area (TPSA) is 84.2 Å². The van der Waals surface area contributed by atoms with Crippen LogP contribution in [0.3, 0.4) is 0 Å². The zero-order valence-corrected chi connectivity index (χ0v) is 10.0. The van der Waals surface area contributed by atoms with Gasteiger partial charge in [0, 0.05) is 19.0 Å². The van der Waals surface area contributed by atoms with Gasteiger partial charge in [0.15, 0.2) is 5.82 Å². The summed E-state index contributed by atoms with van der Waals surface area (Å²) in [7, 11) is 0. The molecule has 1 fully saturated rings. The van der Waals surface area contributed by atoms with E-state index in [0.29, 0.717) is 12.8 Å². The molecule has 4 N–H and O–H groups in total. The molecule has 1 aliphatic rings. The van der Waals surface area contributed by atoms with Gasteiger partial charge in [0.25, 0.3) is 5.91 Å². The summed E-state index contributed by atoms with van der Waals surface area (Å²) in [6.07, 6.45) is 0.975. The van der Waals surface area contributed by atoms with Crippen LogP contribution >= 0.6 is 0 Å². The van der Waals surface area contributed by atoms with E-state index < -0.39 is 23.1 Å². The van der Waals surface area contributed by atoms with Gasteiger partial charge in [-0.15, -0.1) is 0 Å². The summed E-state index contributed by atoms with van der Waals surface area (Å²) in [5, 5.41) is 5.02. The molecule has 1 aromatic carbocycles. The highest BCUT2D eigenvalue weighted by atomic mass is 19.1. The van der Waals surface area contributed by atoms with Gasteiger partial charge in [-0.2, -0.15) is 0 Å². The first-order valence-corrected chi connectivity index (χ1v) is 5.80. The molecule has 1 atom stereocenters. The Kier molecular flexibility index (Phi) is 3.64. The zero-order valence-electron chi connectivity index (χ0n) is 10.0. The van der Waals surface area contributed by atoms with E-state index in [-0.39, 0.29) is 24.2 Å². The maximum atomic E-state index is 13.6. The second-order valence-electron chi connectivity index (χ2n) is 4.34. The van der Waals surface area contributed by atoms with E-state index in [4.69, 9.17) is 5.73 Å². The standard InChI is InChI=1S/C12H13F2N3O2/c13-7-2-3-8(15)11(14)10(7)12(19)16-5-6-1-4-9(18)17-6/h2-3,6H,1,4-5,15H2,(H,16,19)(H,17,18). The molecule has 19 heavy (non-hydrogen) atoms. The molecule has 2 amide bonds. The van der Waals surface area contributed by atoms with Gasteiger partial charge in [-0.3, -0.25) is 9.59 Å². The smallest absolute Gasteiger partial charge is 0.257 e. The maximum absolute atomic E-state index is 13.6. The number of nitrogens with two attached hydrogens (primary N) is 1. The molecule has 1 unspecified atom stereocenters. The lowest BCUT2D eigenvalue weighted by Crippen LogP contribution is -2.39. The van der Waals surface area contributed by atoms with Crippen molar-refractivity contribution in [2.45, 2.75) is 18.9 Å². The van der Waals surface area contributed by atoms with Gasteiger partial charge in [0.05, 0.1) is 5.69 Å². The molecule has 0 aliphatic carbocycles. The number of hydrogen-bond acceptors (Lipinski definition) is 3. The number of halogens is 2. The van der Waals surface area contributed by atoms with Crippen molar-refractivity contribution in [3.05, 3.63) is 29.3 Å². The predicted molar refractivity (Wildman–Crippen MR) is 64.3 cm³/mol. The lowest BCUT2D eigenvalue weighted by Gasteiger charge is -2.12. The van der Waals surface area contributed by atoms with Crippen molar-refractivity contribution < 1.29 is 18.4 Å². The summed E-state index contributed by atoms with van der Waals surface area (Å²) in [6, 6.07) is 1.78. The molecule has 1 aliphatic heterocycles. The molecular formula is C12H13F2N3O2. The van der Waals surface area contributed by atoms with E-state index in [0.717, 1.165) is 12.1 Å². The van der Waals surface area contributed by atoms with Crippen LogP contribution in [0.1, 0.15) is 23.2 Å². The Balaban J connectivity index is 2.04. The van der Waals surface area contributed by atoms with E-state index in [1.54, 1.807) is 0 Å². The molecule has 1 heterocycles. The molecule has 1 aromatic rings. The Morgan fingerprint density at radius 2 is 2.21 bits per heavy atom. The van der Waals surface area contributed by atoms with E-state index in [9.17, 15) is 18.4 Å². The first kappa shape index (κ1) is 13.3. The number of anilines is 1. The van der Waals surface area contributed by atoms with Crippen LogP contribution in [0.5, 0.6) is 0 Å². The first-order valence-electron chi connectivity index (χ1n) is 5.80. The molecule has 0 spiro atoms. The van der Waals surface area contributed by atoms with Gasteiger partial charge in [0.1, 0.15) is 11.4 Å². The quantitative estimate of drug-likeness (QED) is 0.701. The van der Waals surface area contributed by atoms with Crippen molar-refractivity contribution >= 4 is 17.5 Å². The molecular weight excluding hydrogens is 256 g/mol. The summed E-state index contributed by atoms with van der Waals surface area (Å²) in [5.41, 5.74) is 4.29. The van der Waals surface area contributed by atoms with Crippen molar-refractivity contribution in [1.82, 2.24) is 10.6 Å². The Morgan fingerprint density at radius 1 is 1.47 bits per heavy atom. The summed E-state index contributed by atoms with van der Waals surface area (Å²) >= 11 is 0. The van der Waals surface area contributed by atoms with Crippen LogP contribution in [0.25, 0.3) is 0 Å². The third-order valence-electron chi connectivity index (χ3n) is 2.94. The monoisotopic (exact) mass is 269 g/mol. The number of carbonyl (C=O) groups excluding carboxylic acids is 2. The van der Waals surface area contributed by atoms with Gasteiger partial charge >= 0.3 is 0 Å². The average molecular weight is 269 g/mol. The largest absolute Gasteiger partial charge is 0.396 e. The summed E-state index contributed by atoms with van der Waals surface area (Å²) in [6.45, 7) is 0.123. The number of nitrogens with one attached hydrogen (secondary N) is 2. The molecule has 2 rings (SSSR count). The molecule has 5 nitrogen and oxygen atoms in total. The van der Waals surface area contributed by atoms with Crippen LogP contribution in [0, 0.1) is 11.6 Å². The minimum Gasteiger partial charge on any atom is -0.396 e. The SMILES string of the molecule is Nc1ccc(F)c(C(=O)NCC2CCC(=O)N2)c1F. The van der Waals surface area contributed by atoms with Crippen molar-refractivity contribution in [3.8, 4) is 0 Å². The summed E-state index contributed by atoms with van der Waals surface area (Å²) in [5.74, 6) is -3.03. The summed E-state index contributed by atoms with van der Waals surface area (Å²) in [4.78, 5) is 22.7. The van der Waals surface area contributed by atoms with Gasteiger partial charge in [-0.25, -0.2) is 8.78 Å². The van der Waals surface area contributed by atoms with Crippen LogP contribution in [-0.2, 0) is 4.79 Å². The minimum atomic E-state index is -1.08. The number of amides is 2. The molecule has 0 aromatic heterocycles. The second kappa shape index (κ2) is 5.21. The third kappa shape index (κ3) is 2.81. The average Bonchev–Trinajstić information content (AvgIpc) is 2.78. The fourth-order valence-corrected chi connectivity index (χ4v) is 1.91. The Bertz CT molecular complexity index is 534. The van der Waals surface area contributed by atoms with Crippen molar-refractivity contribution in [2.24, 2.45) is 0 Å². The number of carbonyl (C=O) groups is 2. The number of hydrogen-bond donors (Lipinski definition) is 3. The van der Waals surface area contributed by atoms with Crippen LogP contribution < -0.4 is 16.4 Å². The van der Waals surface area contributed by atoms with Gasteiger partial charge in [-0.1, -0.05) is 0 Å². The minimum absolute atomic E-state index is 0.0967. The fraction of sp³-hybridized carbons (Fsp3) is 0.333. The predicted octanol–water partition coefficient (Wildman–Crippen LogP) is 0.555. The molecule has 0 radical (unpaired) electrons. The lowest BCUT2D eigenvalue weighted by molar-refractivity contribution is -0.119. The normalized spacial score (nSPS) is 18.2. The van der Waals surface area contributed by atoms with Crippen molar-refractivity contribution in [3.63, 3.8) is 0 Å². The lowest BCUT2D eigenvalue weighted by atomic mass is 10.1. The van der Waals surface area contributed by atoms with Crippen LogP contribution in [0.4, 0.5) is 14.5 Å². The van der Waals surface area contributed by atoms with Crippen molar-refractivity contribution in [2.75, 3.05) is 12.3 Å². The highest BCUT2D eigenvalue weighted by Gasteiger charge is 2.23. The Morgan fingerprint density at radius 3 is 2.84 bits per heavy atom. The van der Waals surface area contributed by atoms with Gasteiger partial charge in [0.2, 0.25) is 5.91 Å². The van der Waals surface area contributed by atoms with E-state index in [2.05, 4.69) is 10.6 Å². The third-order valence-corrected chi connectivity index (χ3v) is 2.94. The van der Waals surface area contributed by atoms with Gasteiger partial charge < -0.3 is 16.4 Å². The molecule has 0 bridgehead atoms. The first-order chi connectivity index (χ1) is 8.99. The maximum Gasteiger partial charge on any atom is 0.257 e. The molecule has 1 saturated heterocycles. The number of nitrogen functional groups attached to an aromatic ring is 1. The van der Waals surface area contributed by atoms with Crippen LogP contribution in [-0.4, -0.2) is 24.4 Å². The van der Waals surface area contributed by atoms with Crippen molar-refractivity contribution in [1.29, 1.82) is 0 Å². The Hall–Kier alpha value is -2.18. The Labute approximate surface area is 108 Å².